The molecule has 19 heavy (non-hydrogen) atoms. The summed E-state index contributed by atoms with van der Waals surface area (Å²) in [6.07, 6.45) is 4.22. The van der Waals surface area contributed by atoms with Crippen molar-refractivity contribution in [2.45, 2.75) is 6.92 Å². The van der Waals surface area contributed by atoms with Crippen LogP contribution in [0.1, 0.15) is 15.9 Å². The second kappa shape index (κ2) is 4.65. The van der Waals surface area contributed by atoms with Crippen molar-refractivity contribution in [1.29, 1.82) is 0 Å². The molecule has 0 spiro atoms. The number of pyridine rings is 1. The lowest BCUT2D eigenvalue weighted by atomic mass is 9.94. The van der Waals surface area contributed by atoms with Crippen LogP contribution in [-0.4, -0.2) is 11.3 Å². The van der Waals surface area contributed by atoms with E-state index >= 15 is 0 Å². The van der Waals surface area contributed by atoms with Crippen LogP contribution in [0.2, 0.25) is 0 Å². The van der Waals surface area contributed by atoms with Crippen molar-refractivity contribution in [3.8, 4) is 11.1 Å². The van der Waals surface area contributed by atoms with Gasteiger partial charge in [-0.05, 0) is 34.9 Å². The van der Waals surface area contributed by atoms with Crippen LogP contribution >= 0.6 is 0 Å². The molecule has 2 aromatic carbocycles. The maximum atomic E-state index is 10.9. The van der Waals surface area contributed by atoms with E-state index in [4.69, 9.17) is 0 Å². The summed E-state index contributed by atoms with van der Waals surface area (Å²) < 4.78 is 0. The van der Waals surface area contributed by atoms with Crippen molar-refractivity contribution in [1.82, 2.24) is 4.98 Å². The topological polar surface area (TPSA) is 30.0 Å². The number of nitrogens with zero attached hydrogens (tertiary/aromatic N) is 1. The van der Waals surface area contributed by atoms with Crippen molar-refractivity contribution in [2.24, 2.45) is 0 Å². The monoisotopic (exact) mass is 247 g/mol. The van der Waals surface area contributed by atoms with Gasteiger partial charge in [-0.3, -0.25) is 9.78 Å². The van der Waals surface area contributed by atoms with Crippen LogP contribution in [0.25, 0.3) is 21.9 Å². The van der Waals surface area contributed by atoms with Gasteiger partial charge in [-0.1, -0.05) is 36.4 Å². The lowest BCUT2D eigenvalue weighted by molar-refractivity contribution is 0.112. The molecule has 0 aliphatic rings. The Balaban J connectivity index is 2.34. The Labute approximate surface area is 111 Å². The first-order valence-corrected chi connectivity index (χ1v) is 6.18. The predicted molar refractivity (Wildman–Crippen MR) is 77.3 cm³/mol. The Kier molecular flexibility index (Phi) is 2.84. The minimum Gasteiger partial charge on any atom is -0.298 e. The van der Waals surface area contributed by atoms with E-state index in [1.807, 2.05) is 24.4 Å². The van der Waals surface area contributed by atoms with Gasteiger partial charge in [-0.25, -0.2) is 0 Å². The summed E-state index contributed by atoms with van der Waals surface area (Å²) in [5.74, 6) is 0. The summed E-state index contributed by atoms with van der Waals surface area (Å²) in [7, 11) is 0. The number of aromatic nitrogens is 1. The third-order valence-electron chi connectivity index (χ3n) is 3.32. The van der Waals surface area contributed by atoms with Gasteiger partial charge < -0.3 is 0 Å². The van der Waals surface area contributed by atoms with E-state index in [0.717, 1.165) is 17.4 Å². The van der Waals surface area contributed by atoms with E-state index in [-0.39, 0.29) is 0 Å². The van der Waals surface area contributed by atoms with Crippen LogP contribution in [0, 0.1) is 6.92 Å². The van der Waals surface area contributed by atoms with E-state index in [0.29, 0.717) is 5.56 Å². The normalized spacial score (nSPS) is 10.6. The van der Waals surface area contributed by atoms with Crippen LogP contribution in [0.5, 0.6) is 0 Å². The Morgan fingerprint density at radius 1 is 1.05 bits per heavy atom. The molecule has 1 aromatic heterocycles. The maximum absolute atomic E-state index is 10.9. The number of aryl methyl sites for hydroxylation is 1. The number of hydrogen-bond acceptors (Lipinski definition) is 2. The molecule has 0 N–H and O–H groups in total. The number of aldehydes is 1. The van der Waals surface area contributed by atoms with Gasteiger partial charge in [-0.2, -0.15) is 0 Å². The van der Waals surface area contributed by atoms with Gasteiger partial charge in [0.25, 0.3) is 0 Å². The van der Waals surface area contributed by atoms with E-state index in [1.54, 1.807) is 6.20 Å². The Bertz CT molecular complexity index is 762. The molecule has 0 aliphatic carbocycles. The number of benzene rings is 2. The Hall–Kier alpha value is -2.48. The quantitative estimate of drug-likeness (QED) is 0.640. The fourth-order valence-electron chi connectivity index (χ4n) is 2.42. The summed E-state index contributed by atoms with van der Waals surface area (Å²) in [5.41, 5.74) is 3.92. The minimum absolute atomic E-state index is 0.602. The zero-order valence-corrected chi connectivity index (χ0v) is 10.6. The number of hydrogen-bond donors (Lipinski definition) is 0. The van der Waals surface area contributed by atoms with Gasteiger partial charge in [0, 0.05) is 23.5 Å². The average Bonchev–Trinajstić information content (AvgIpc) is 2.47. The van der Waals surface area contributed by atoms with Crippen molar-refractivity contribution >= 4 is 17.1 Å². The molecule has 0 bridgehead atoms. The second-order valence-electron chi connectivity index (χ2n) is 4.60. The summed E-state index contributed by atoms with van der Waals surface area (Å²) in [4.78, 5) is 15.0. The fourth-order valence-corrected chi connectivity index (χ4v) is 2.42. The van der Waals surface area contributed by atoms with Crippen molar-refractivity contribution in [3.05, 3.63) is 66.0 Å². The summed E-state index contributed by atoms with van der Waals surface area (Å²) in [5, 5.41) is 2.38. The van der Waals surface area contributed by atoms with Crippen molar-refractivity contribution in [3.63, 3.8) is 0 Å². The molecular weight excluding hydrogens is 234 g/mol. The molecule has 3 aromatic rings. The van der Waals surface area contributed by atoms with Crippen LogP contribution in [0.4, 0.5) is 0 Å². The average molecular weight is 247 g/mol. The zero-order valence-electron chi connectivity index (χ0n) is 10.6. The number of carbonyl (C=O) groups excluding carboxylic acids is 1. The van der Waals surface area contributed by atoms with Gasteiger partial charge in [0.1, 0.15) is 0 Å². The predicted octanol–water partition coefficient (Wildman–Crippen LogP) is 4.02. The summed E-state index contributed by atoms with van der Waals surface area (Å²) >= 11 is 0. The highest BCUT2D eigenvalue weighted by Gasteiger charge is 2.08. The first kappa shape index (κ1) is 11.6. The van der Waals surface area contributed by atoms with Crippen LogP contribution in [0.3, 0.4) is 0 Å². The van der Waals surface area contributed by atoms with Crippen LogP contribution < -0.4 is 0 Å². The highest BCUT2D eigenvalue weighted by Crippen LogP contribution is 2.31. The number of carbonyl (C=O) groups is 1. The molecule has 92 valence electrons. The van der Waals surface area contributed by atoms with Gasteiger partial charge in [0.05, 0.1) is 0 Å². The molecule has 2 heteroatoms. The molecular formula is C17H13NO. The first-order valence-electron chi connectivity index (χ1n) is 6.18. The molecule has 0 unspecified atom stereocenters. The maximum Gasteiger partial charge on any atom is 0.151 e. The molecule has 0 saturated heterocycles. The molecule has 0 fully saturated rings. The molecule has 0 atom stereocenters. The highest BCUT2D eigenvalue weighted by molar-refractivity contribution is 5.98. The highest BCUT2D eigenvalue weighted by atomic mass is 16.1. The van der Waals surface area contributed by atoms with Gasteiger partial charge >= 0.3 is 0 Å². The zero-order chi connectivity index (χ0) is 13.2. The molecule has 3 rings (SSSR count). The molecule has 0 amide bonds. The van der Waals surface area contributed by atoms with Gasteiger partial charge in [-0.15, -0.1) is 0 Å². The van der Waals surface area contributed by atoms with E-state index < -0.39 is 0 Å². The Morgan fingerprint density at radius 2 is 1.89 bits per heavy atom. The Morgan fingerprint density at radius 3 is 2.74 bits per heavy atom. The van der Waals surface area contributed by atoms with Gasteiger partial charge in [0.2, 0.25) is 0 Å². The smallest absolute Gasteiger partial charge is 0.151 e. The third-order valence-corrected chi connectivity index (χ3v) is 3.32. The second-order valence-corrected chi connectivity index (χ2v) is 4.60. The SMILES string of the molecule is Cc1ccc2ccccc2c1-c1cncc(C=O)c1. The molecule has 1 heterocycles. The summed E-state index contributed by atoms with van der Waals surface area (Å²) in [6.45, 7) is 2.08. The van der Waals surface area contributed by atoms with Crippen molar-refractivity contribution < 1.29 is 4.79 Å². The van der Waals surface area contributed by atoms with Gasteiger partial charge in [0.15, 0.2) is 6.29 Å². The van der Waals surface area contributed by atoms with Crippen LogP contribution in [0.15, 0.2) is 54.9 Å². The number of rotatable bonds is 2. The standard InChI is InChI=1S/C17H13NO/c1-12-6-7-14-4-2-3-5-16(14)17(12)15-8-13(11-19)9-18-10-15/h2-11H,1H3. The molecule has 2 nitrogen and oxygen atoms in total. The van der Waals surface area contributed by atoms with Crippen LogP contribution in [-0.2, 0) is 0 Å². The molecule has 0 radical (unpaired) electrons. The van der Waals surface area contributed by atoms with E-state index in [9.17, 15) is 4.79 Å². The minimum atomic E-state index is 0.602. The van der Waals surface area contributed by atoms with E-state index in [2.05, 4.69) is 36.2 Å². The van der Waals surface area contributed by atoms with Crippen molar-refractivity contribution in [2.75, 3.05) is 0 Å². The first-order chi connectivity index (χ1) is 9.29. The fraction of sp³-hybridized carbons (Fsp3) is 0.0588. The lowest BCUT2D eigenvalue weighted by Gasteiger charge is -2.10. The van der Waals surface area contributed by atoms with E-state index in [1.165, 1.54) is 16.3 Å². The largest absolute Gasteiger partial charge is 0.298 e. The molecule has 0 saturated carbocycles. The molecule has 0 aliphatic heterocycles. The number of fused-ring (bicyclic) bond motifs is 1. The third kappa shape index (κ3) is 2.02. The summed E-state index contributed by atoms with van der Waals surface area (Å²) in [6, 6.07) is 14.4. The lowest BCUT2D eigenvalue weighted by Crippen LogP contribution is -1.89.